The Labute approximate surface area is 196 Å². The molecule has 1 aromatic rings. The largest absolute Gasteiger partial charge is 0.381 e. The highest BCUT2D eigenvalue weighted by atomic mass is 79.9. The van der Waals surface area contributed by atoms with Crippen molar-refractivity contribution in [2.45, 2.75) is 51.3 Å². The lowest BCUT2D eigenvalue weighted by atomic mass is 9.90. The van der Waals surface area contributed by atoms with E-state index in [0.29, 0.717) is 18.6 Å². The van der Waals surface area contributed by atoms with E-state index in [1.165, 1.54) is 25.7 Å². The summed E-state index contributed by atoms with van der Waals surface area (Å²) in [6.07, 6.45) is 5.09. The Bertz CT molecular complexity index is 742. The minimum Gasteiger partial charge on any atom is -0.381 e. The monoisotopic (exact) mass is 520 g/mol. The molecule has 0 saturated carbocycles. The SMILES string of the molecule is CC1(COCCCCCCBr)COC1.Cc1ccc(S(=O)(=O)OCC2(C)COC2)cc1. The fourth-order valence-corrected chi connectivity index (χ4v) is 4.47. The third-order valence-corrected chi connectivity index (χ3v) is 7.14. The van der Waals surface area contributed by atoms with Crippen molar-refractivity contribution >= 4 is 26.0 Å². The summed E-state index contributed by atoms with van der Waals surface area (Å²) >= 11 is 3.43. The van der Waals surface area contributed by atoms with Crippen LogP contribution in [0.1, 0.15) is 45.1 Å². The van der Waals surface area contributed by atoms with Gasteiger partial charge in [-0.3, -0.25) is 4.18 Å². The van der Waals surface area contributed by atoms with Crippen molar-refractivity contribution in [2.75, 3.05) is 51.6 Å². The molecule has 6 nitrogen and oxygen atoms in total. The van der Waals surface area contributed by atoms with Gasteiger partial charge in [0.25, 0.3) is 10.1 Å². The highest BCUT2D eigenvalue weighted by Gasteiger charge is 2.35. The van der Waals surface area contributed by atoms with Crippen LogP contribution in [0.4, 0.5) is 0 Å². The van der Waals surface area contributed by atoms with Gasteiger partial charge in [-0.05, 0) is 31.9 Å². The third kappa shape index (κ3) is 9.48. The van der Waals surface area contributed by atoms with Crippen molar-refractivity contribution in [3.05, 3.63) is 29.8 Å². The quantitative estimate of drug-likeness (QED) is 0.225. The molecule has 2 heterocycles. The summed E-state index contributed by atoms with van der Waals surface area (Å²) in [5, 5.41) is 1.13. The highest BCUT2D eigenvalue weighted by molar-refractivity contribution is 9.09. The molecule has 2 fully saturated rings. The van der Waals surface area contributed by atoms with E-state index in [1.54, 1.807) is 24.3 Å². The standard InChI is InChI=1S/C12H16O4S.C11H21BrO2/c1-10-3-5-11(6-4-10)17(13,14)16-9-12(2)7-15-8-12;1-11(9-14-10-11)8-13-7-5-3-2-4-6-12/h3-6H,7-9H2,1-2H3;2-10H2,1H3. The zero-order valence-corrected chi connectivity index (χ0v) is 21.4. The topological polar surface area (TPSA) is 71.1 Å². The average molecular weight is 522 g/mol. The van der Waals surface area contributed by atoms with Gasteiger partial charge in [0.15, 0.2) is 0 Å². The molecular weight excluding hydrogens is 484 g/mol. The molecule has 8 heteroatoms. The molecule has 2 aliphatic rings. The molecule has 0 bridgehead atoms. The molecule has 0 amide bonds. The number of ether oxygens (including phenoxy) is 3. The van der Waals surface area contributed by atoms with E-state index in [4.69, 9.17) is 18.4 Å². The minimum absolute atomic E-state index is 0.169. The maximum absolute atomic E-state index is 11.9. The summed E-state index contributed by atoms with van der Waals surface area (Å²) in [4.78, 5) is 0.201. The van der Waals surface area contributed by atoms with Crippen molar-refractivity contribution < 1.29 is 26.8 Å². The number of hydrogen-bond donors (Lipinski definition) is 0. The van der Waals surface area contributed by atoms with E-state index in [1.807, 2.05) is 13.8 Å². The van der Waals surface area contributed by atoms with Crippen molar-refractivity contribution in [3.8, 4) is 0 Å². The summed E-state index contributed by atoms with van der Waals surface area (Å²) < 4.78 is 44.6. The van der Waals surface area contributed by atoms with Gasteiger partial charge in [-0.2, -0.15) is 8.42 Å². The van der Waals surface area contributed by atoms with E-state index in [9.17, 15) is 8.42 Å². The number of halogens is 1. The van der Waals surface area contributed by atoms with Crippen molar-refractivity contribution in [3.63, 3.8) is 0 Å². The van der Waals surface area contributed by atoms with Crippen LogP contribution < -0.4 is 0 Å². The molecule has 0 aliphatic carbocycles. The van der Waals surface area contributed by atoms with Gasteiger partial charge < -0.3 is 14.2 Å². The maximum Gasteiger partial charge on any atom is 0.296 e. The zero-order chi connectivity index (χ0) is 22.8. The first-order valence-electron chi connectivity index (χ1n) is 10.9. The Morgan fingerprint density at radius 1 is 0.903 bits per heavy atom. The molecule has 0 aromatic heterocycles. The second-order valence-corrected chi connectivity index (χ2v) is 11.7. The zero-order valence-electron chi connectivity index (χ0n) is 19.0. The van der Waals surface area contributed by atoms with Gasteiger partial charge in [0, 0.05) is 22.8 Å². The number of alkyl halides is 1. The normalized spacial score (nSPS) is 19.0. The lowest BCUT2D eigenvalue weighted by Crippen LogP contribution is -2.44. The summed E-state index contributed by atoms with van der Waals surface area (Å²) in [5.41, 5.74) is 1.16. The molecule has 2 saturated heterocycles. The molecule has 1 aromatic carbocycles. The van der Waals surface area contributed by atoms with E-state index < -0.39 is 10.1 Å². The Balaban J connectivity index is 0.000000225. The maximum atomic E-state index is 11.9. The first kappa shape index (κ1) is 26.7. The molecule has 0 N–H and O–H groups in total. The van der Waals surface area contributed by atoms with Crippen molar-refractivity contribution in [1.82, 2.24) is 0 Å². The number of unbranched alkanes of at least 4 members (excludes halogenated alkanes) is 3. The molecule has 3 rings (SSSR count). The van der Waals surface area contributed by atoms with Crippen LogP contribution in [0, 0.1) is 17.8 Å². The molecule has 0 spiro atoms. The predicted octanol–water partition coefficient (Wildman–Crippen LogP) is 4.73. The fourth-order valence-electron chi connectivity index (χ4n) is 3.03. The Kier molecular flexibility index (Phi) is 10.9. The van der Waals surface area contributed by atoms with Gasteiger partial charge in [0.2, 0.25) is 0 Å². The summed E-state index contributed by atoms with van der Waals surface area (Å²) in [6.45, 7) is 10.9. The summed E-state index contributed by atoms with van der Waals surface area (Å²) in [7, 11) is -3.64. The second kappa shape index (κ2) is 12.7. The predicted molar refractivity (Wildman–Crippen MR) is 125 cm³/mol. The first-order chi connectivity index (χ1) is 14.7. The Morgan fingerprint density at radius 3 is 1.97 bits per heavy atom. The molecule has 31 heavy (non-hydrogen) atoms. The van der Waals surface area contributed by atoms with E-state index in [0.717, 1.165) is 37.3 Å². The molecular formula is C23H37BrO6S. The minimum atomic E-state index is -3.64. The van der Waals surface area contributed by atoms with Gasteiger partial charge in [0.1, 0.15) is 0 Å². The lowest BCUT2D eigenvalue weighted by molar-refractivity contribution is -0.137. The second-order valence-electron chi connectivity index (χ2n) is 9.29. The molecule has 178 valence electrons. The number of aryl methyl sites for hydroxylation is 1. The first-order valence-corrected chi connectivity index (χ1v) is 13.5. The molecule has 0 atom stereocenters. The van der Waals surface area contributed by atoms with E-state index in [2.05, 4.69) is 22.9 Å². The number of rotatable bonds is 12. The summed E-state index contributed by atoms with van der Waals surface area (Å²) in [5.74, 6) is 0. The van der Waals surface area contributed by atoms with Crippen molar-refractivity contribution in [1.29, 1.82) is 0 Å². The fraction of sp³-hybridized carbons (Fsp3) is 0.739. The van der Waals surface area contributed by atoms with E-state index >= 15 is 0 Å². The smallest absolute Gasteiger partial charge is 0.296 e. The van der Waals surface area contributed by atoms with Crippen LogP contribution in [-0.2, 0) is 28.5 Å². The number of benzene rings is 1. The Hall–Kier alpha value is -0.510. The van der Waals surface area contributed by atoms with Crippen molar-refractivity contribution in [2.24, 2.45) is 10.8 Å². The van der Waals surface area contributed by atoms with Crippen LogP contribution in [0.3, 0.4) is 0 Å². The molecule has 2 aliphatic heterocycles. The van der Waals surface area contributed by atoms with Gasteiger partial charge in [0.05, 0.1) is 44.5 Å². The Morgan fingerprint density at radius 2 is 1.45 bits per heavy atom. The number of hydrogen-bond acceptors (Lipinski definition) is 6. The molecule has 0 radical (unpaired) electrons. The van der Waals surface area contributed by atoms with Gasteiger partial charge in [-0.25, -0.2) is 0 Å². The lowest BCUT2D eigenvalue weighted by Gasteiger charge is -2.37. The van der Waals surface area contributed by atoms with Crippen LogP contribution in [0.2, 0.25) is 0 Å². The van der Waals surface area contributed by atoms with E-state index in [-0.39, 0.29) is 16.9 Å². The van der Waals surface area contributed by atoms with Crippen LogP contribution in [-0.4, -0.2) is 60.0 Å². The van der Waals surface area contributed by atoms with Gasteiger partial charge >= 0.3 is 0 Å². The van der Waals surface area contributed by atoms with Crippen LogP contribution in [0.15, 0.2) is 29.2 Å². The van der Waals surface area contributed by atoms with Gasteiger partial charge in [-0.15, -0.1) is 0 Å². The van der Waals surface area contributed by atoms with Crippen LogP contribution in [0.25, 0.3) is 0 Å². The highest BCUT2D eigenvalue weighted by Crippen LogP contribution is 2.28. The summed E-state index contributed by atoms with van der Waals surface area (Å²) in [6, 6.07) is 6.63. The average Bonchev–Trinajstić information content (AvgIpc) is 2.70. The van der Waals surface area contributed by atoms with Gasteiger partial charge in [-0.1, -0.05) is 60.3 Å². The third-order valence-electron chi connectivity index (χ3n) is 5.30. The molecule has 0 unspecified atom stereocenters. The van der Waals surface area contributed by atoms with Crippen LogP contribution in [0.5, 0.6) is 0 Å². The van der Waals surface area contributed by atoms with Crippen LogP contribution >= 0.6 is 15.9 Å².